The molecule has 2 atom stereocenters. The number of halogens is 1. The van der Waals surface area contributed by atoms with Crippen molar-refractivity contribution in [2.45, 2.75) is 31.7 Å². The number of likely N-dealkylation sites (tertiary alicyclic amines) is 2. The molecule has 0 radical (unpaired) electrons. The van der Waals surface area contributed by atoms with Crippen LogP contribution in [0.1, 0.15) is 25.7 Å². The summed E-state index contributed by atoms with van der Waals surface area (Å²) in [6.45, 7) is 4.50. The summed E-state index contributed by atoms with van der Waals surface area (Å²) in [5.74, 6) is -0.0120. The number of anilines is 1. The van der Waals surface area contributed by atoms with Crippen LogP contribution in [0.15, 0.2) is 28.7 Å². The molecule has 0 aromatic heterocycles. The molecule has 134 valence electrons. The van der Waals surface area contributed by atoms with E-state index < -0.39 is 0 Å². The van der Waals surface area contributed by atoms with E-state index in [1.54, 1.807) is 4.90 Å². The Bertz CT molecular complexity index is 674. The summed E-state index contributed by atoms with van der Waals surface area (Å²) in [7, 11) is 0. The Morgan fingerprint density at radius 2 is 1.84 bits per heavy atom. The van der Waals surface area contributed by atoms with E-state index in [2.05, 4.69) is 20.8 Å². The van der Waals surface area contributed by atoms with Gasteiger partial charge in [-0.25, -0.2) is 0 Å². The number of benzene rings is 1. The Balaban J connectivity index is 1.40. The first kappa shape index (κ1) is 17.0. The Labute approximate surface area is 157 Å². The van der Waals surface area contributed by atoms with Crippen LogP contribution in [0.2, 0.25) is 0 Å². The maximum Gasteiger partial charge on any atom is 0.228 e. The third kappa shape index (κ3) is 3.34. The van der Waals surface area contributed by atoms with Gasteiger partial charge in [-0.3, -0.25) is 14.5 Å². The molecule has 1 aromatic carbocycles. The van der Waals surface area contributed by atoms with Gasteiger partial charge in [0.2, 0.25) is 11.8 Å². The smallest absolute Gasteiger partial charge is 0.228 e. The first-order valence-corrected chi connectivity index (χ1v) is 10.0. The molecule has 3 fully saturated rings. The largest absolute Gasteiger partial charge is 0.341 e. The molecule has 0 spiro atoms. The fourth-order valence-corrected chi connectivity index (χ4v) is 4.88. The van der Waals surface area contributed by atoms with Crippen molar-refractivity contribution in [3.8, 4) is 0 Å². The lowest BCUT2D eigenvalue weighted by molar-refractivity contribution is -0.134. The predicted molar refractivity (Wildman–Crippen MR) is 100 cm³/mol. The monoisotopic (exact) mass is 405 g/mol. The van der Waals surface area contributed by atoms with Gasteiger partial charge < -0.3 is 9.80 Å². The van der Waals surface area contributed by atoms with E-state index in [1.807, 2.05) is 29.2 Å². The number of amides is 2. The summed E-state index contributed by atoms with van der Waals surface area (Å²) < 4.78 is 0.895. The van der Waals surface area contributed by atoms with Gasteiger partial charge in [0.1, 0.15) is 0 Å². The standard InChI is InChI=1S/C19H24BrN3O2/c20-16-5-1-2-6-17(16)23-12-14(11-18(23)24)19(25)22-10-7-15(13-22)21-8-3-4-9-21/h1-2,5-6,14-15H,3-4,7-13H2/t14-,15+/m0/s1. The fourth-order valence-electron chi connectivity index (χ4n) is 4.38. The van der Waals surface area contributed by atoms with Gasteiger partial charge in [0.15, 0.2) is 0 Å². The minimum Gasteiger partial charge on any atom is -0.341 e. The average molecular weight is 406 g/mol. The maximum absolute atomic E-state index is 12.9. The minimum atomic E-state index is -0.211. The number of carbonyl (C=O) groups is 2. The van der Waals surface area contributed by atoms with Crippen molar-refractivity contribution in [2.75, 3.05) is 37.6 Å². The molecule has 0 N–H and O–H groups in total. The van der Waals surface area contributed by atoms with Crippen LogP contribution in [0, 0.1) is 5.92 Å². The van der Waals surface area contributed by atoms with E-state index in [9.17, 15) is 9.59 Å². The van der Waals surface area contributed by atoms with Crippen LogP contribution in [-0.2, 0) is 9.59 Å². The SMILES string of the molecule is O=C([C@H]1CC(=O)N(c2ccccc2Br)C1)N1CC[C@@H](N2CCCC2)C1. The molecule has 0 unspecified atom stereocenters. The highest BCUT2D eigenvalue weighted by Gasteiger charge is 2.40. The molecule has 3 saturated heterocycles. The van der Waals surface area contributed by atoms with Crippen molar-refractivity contribution in [3.63, 3.8) is 0 Å². The molecule has 3 aliphatic heterocycles. The van der Waals surface area contributed by atoms with Gasteiger partial charge in [0, 0.05) is 36.6 Å². The van der Waals surface area contributed by atoms with Crippen molar-refractivity contribution < 1.29 is 9.59 Å². The van der Waals surface area contributed by atoms with E-state index in [0.717, 1.165) is 29.7 Å². The van der Waals surface area contributed by atoms with Crippen LogP contribution in [0.5, 0.6) is 0 Å². The van der Waals surface area contributed by atoms with E-state index in [4.69, 9.17) is 0 Å². The van der Waals surface area contributed by atoms with Crippen molar-refractivity contribution in [1.29, 1.82) is 0 Å². The summed E-state index contributed by atoms with van der Waals surface area (Å²) in [6.07, 6.45) is 3.95. The molecule has 3 aliphatic rings. The van der Waals surface area contributed by atoms with Gasteiger partial charge in [-0.1, -0.05) is 12.1 Å². The van der Waals surface area contributed by atoms with Gasteiger partial charge in [0.25, 0.3) is 0 Å². The van der Waals surface area contributed by atoms with Crippen LogP contribution in [0.25, 0.3) is 0 Å². The number of hydrogen-bond acceptors (Lipinski definition) is 3. The van der Waals surface area contributed by atoms with E-state index in [1.165, 1.54) is 25.9 Å². The Kier molecular flexibility index (Phi) is 4.82. The Morgan fingerprint density at radius 3 is 2.60 bits per heavy atom. The maximum atomic E-state index is 12.9. The van der Waals surface area contributed by atoms with Crippen LogP contribution in [0.3, 0.4) is 0 Å². The van der Waals surface area contributed by atoms with Crippen molar-refractivity contribution >= 4 is 33.4 Å². The lowest BCUT2D eigenvalue weighted by Crippen LogP contribution is -2.40. The lowest BCUT2D eigenvalue weighted by atomic mass is 10.1. The highest BCUT2D eigenvalue weighted by Crippen LogP contribution is 2.32. The minimum absolute atomic E-state index is 0.0422. The van der Waals surface area contributed by atoms with Crippen LogP contribution >= 0.6 is 15.9 Å². The molecule has 6 heteroatoms. The number of para-hydroxylation sites is 1. The summed E-state index contributed by atoms with van der Waals surface area (Å²) >= 11 is 3.51. The summed E-state index contributed by atoms with van der Waals surface area (Å²) in [5.41, 5.74) is 0.860. The van der Waals surface area contributed by atoms with Crippen molar-refractivity contribution in [1.82, 2.24) is 9.80 Å². The zero-order chi connectivity index (χ0) is 17.4. The number of carbonyl (C=O) groups excluding carboxylic acids is 2. The second-order valence-electron chi connectivity index (χ2n) is 7.33. The van der Waals surface area contributed by atoms with Crippen molar-refractivity contribution in [3.05, 3.63) is 28.7 Å². The number of rotatable bonds is 3. The fraction of sp³-hybridized carbons (Fsp3) is 0.579. The summed E-state index contributed by atoms with van der Waals surface area (Å²) in [4.78, 5) is 31.7. The molecule has 0 saturated carbocycles. The Morgan fingerprint density at radius 1 is 1.08 bits per heavy atom. The van der Waals surface area contributed by atoms with E-state index >= 15 is 0 Å². The first-order chi connectivity index (χ1) is 12.1. The van der Waals surface area contributed by atoms with Crippen LogP contribution in [0.4, 0.5) is 5.69 Å². The first-order valence-electron chi connectivity index (χ1n) is 9.21. The van der Waals surface area contributed by atoms with Crippen molar-refractivity contribution in [2.24, 2.45) is 5.92 Å². The van der Waals surface area contributed by atoms with Gasteiger partial charge in [-0.05, 0) is 60.4 Å². The second-order valence-corrected chi connectivity index (χ2v) is 8.18. The van der Waals surface area contributed by atoms with E-state index in [0.29, 0.717) is 19.0 Å². The highest BCUT2D eigenvalue weighted by atomic mass is 79.9. The summed E-state index contributed by atoms with van der Waals surface area (Å²) in [5, 5.41) is 0. The van der Waals surface area contributed by atoms with Gasteiger partial charge >= 0.3 is 0 Å². The number of hydrogen-bond donors (Lipinski definition) is 0. The number of nitrogens with zero attached hydrogens (tertiary/aromatic N) is 3. The Hall–Kier alpha value is -1.40. The third-order valence-electron chi connectivity index (χ3n) is 5.75. The zero-order valence-electron chi connectivity index (χ0n) is 14.4. The van der Waals surface area contributed by atoms with Crippen LogP contribution in [-0.4, -0.2) is 60.4 Å². The van der Waals surface area contributed by atoms with Gasteiger partial charge in [0.05, 0.1) is 11.6 Å². The topological polar surface area (TPSA) is 43.9 Å². The molecule has 2 amide bonds. The average Bonchev–Trinajstić information content (AvgIpc) is 3.35. The van der Waals surface area contributed by atoms with Crippen LogP contribution < -0.4 is 4.90 Å². The lowest BCUT2D eigenvalue weighted by Gasteiger charge is -2.25. The molecular weight excluding hydrogens is 382 g/mol. The summed E-state index contributed by atoms with van der Waals surface area (Å²) in [6, 6.07) is 8.22. The molecular formula is C19H24BrN3O2. The normalized spacial score (nSPS) is 27.5. The predicted octanol–water partition coefficient (Wildman–Crippen LogP) is 2.50. The second kappa shape index (κ2) is 7.08. The molecule has 0 bridgehead atoms. The molecule has 0 aliphatic carbocycles. The quantitative estimate of drug-likeness (QED) is 0.775. The van der Waals surface area contributed by atoms with E-state index in [-0.39, 0.29) is 17.7 Å². The molecule has 4 rings (SSSR count). The zero-order valence-corrected chi connectivity index (χ0v) is 16.0. The van der Waals surface area contributed by atoms with Gasteiger partial charge in [-0.15, -0.1) is 0 Å². The molecule has 5 nitrogen and oxygen atoms in total. The molecule has 25 heavy (non-hydrogen) atoms. The molecule has 3 heterocycles. The molecule has 1 aromatic rings. The highest BCUT2D eigenvalue weighted by molar-refractivity contribution is 9.10. The third-order valence-corrected chi connectivity index (χ3v) is 6.42. The van der Waals surface area contributed by atoms with Gasteiger partial charge in [-0.2, -0.15) is 0 Å².